The molecule has 0 spiro atoms. The summed E-state index contributed by atoms with van der Waals surface area (Å²) in [6.45, 7) is 0. The first-order valence-corrected chi connectivity index (χ1v) is 3.98. The van der Waals surface area contributed by atoms with Gasteiger partial charge in [-0.1, -0.05) is 0 Å². The van der Waals surface area contributed by atoms with Crippen LogP contribution in [0.3, 0.4) is 0 Å². The Balaban J connectivity index is 2.23. The van der Waals surface area contributed by atoms with Gasteiger partial charge in [-0.2, -0.15) is 0 Å². The Morgan fingerprint density at radius 1 is 1.67 bits per heavy atom. The Kier molecular flexibility index (Phi) is 2.29. The minimum absolute atomic E-state index is 0.123. The molecule has 0 saturated heterocycles. The molecule has 0 aromatic carbocycles. The van der Waals surface area contributed by atoms with Gasteiger partial charge in [0.1, 0.15) is 0 Å². The van der Waals surface area contributed by atoms with Crippen LogP contribution in [0.25, 0.3) is 0 Å². The summed E-state index contributed by atoms with van der Waals surface area (Å²) in [4.78, 5) is 10.8. The van der Waals surface area contributed by atoms with Crippen LogP contribution >= 0.6 is 22.9 Å². The fourth-order valence-electron chi connectivity index (χ4n) is 0.953. The number of hydrogen-bond donors (Lipinski definition) is 2. The molecule has 52 valence electrons. The minimum atomic E-state index is 0.123. The third kappa shape index (κ3) is 1.54. The predicted molar refractivity (Wildman–Crippen MR) is 42.9 cm³/mol. The molecule has 1 fully saturated rings. The van der Waals surface area contributed by atoms with Gasteiger partial charge in [0.05, 0.1) is 22.9 Å². The Morgan fingerprint density at radius 3 is 2.56 bits per heavy atom. The van der Waals surface area contributed by atoms with Gasteiger partial charge < -0.3 is 5.73 Å². The van der Waals surface area contributed by atoms with Crippen molar-refractivity contribution in [3.05, 3.63) is 0 Å². The molecule has 0 atom stereocenters. The third-order valence-corrected chi connectivity index (χ3v) is 2.17. The number of amides is 1. The number of nitrogens with two attached hydrogens (primary N) is 1. The highest BCUT2D eigenvalue weighted by Gasteiger charge is 2.31. The van der Waals surface area contributed by atoms with Crippen LogP contribution in [0, 0.1) is 5.92 Å². The number of hydrogen-bond acceptors (Lipinski definition) is 2. The van der Waals surface area contributed by atoms with Crippen LogP contribution in [0.1, 0.15) is 12.8 Å². The maximum Gasteiger partial charge on any atom is 0.231 e. The lowest BCUT2D eigenvalue weighted by molar-refractivity contribution is -0.125. The van der Waals surface area contributed by atoms with E-state index in [1.807, 2.05) is 22.9 Å². The van der Waals surface area contributed by atoms with Crippen molar-refractivity contribution in [2.45, 2.75) is 18.9 Å². The maximum absolute atomic E-state index is 10.8. The van der Waals surface area contributed by atoms with Gasteiger partial charge in [0.15, 0.2) is 0 Å². The van der Waals surface area contributed by atoms with Crippen molar-refractivity contribution in [3.63, 3.8) is 0 Å². The van der Waals surface area contributed by atoms with E-state index < -0.39 is 0 Å². The van der Waals surface area contributed by atoms with Crippen LogP contribution in [0.5, 0.6) is 0 Å². The van der Waals surface area contributed by atoms with Crippen molar-refractivity contribution in [1.82, 2.24) is 3.53 Å². The van der Waals surface area contributed by atoms with Crippen LogP contribution in [0.15, 0.2) is 0 Å². The molecule has 0 heterocycles. The highest BCUT2D eigenvalue weighted by Crippen LogP contribution is 2.25. The molecule has 0 aromatic heterocycles. The zero-order valence-electron chi connectivity index (χ0n) is 4.93. The summed E-state index contributed by atoms with van der Waals surface area (Å²) in [7, 11) is 0. The Hall–Kier alpha value is 0.160. The van der Waals surface area contributed by atoms with E-state index in [9.17, 15) is 4.79 Å². The Labute approximate surface area is 67.9 Å². The molecule has 1 aliphatic rings. The fraction of sp³-hybridized carbons (Fsp3) is 0.800. The van der Waals surface area contributed by atoms with Gasteiger partial charge in [-0.15, -0.1) is 0 Å². The average Bonchev–Trinajstić information content (AvgIpc) is 1.79. The summed E-state index contributed by atoms with van der Waals surface area (Å²) in [6, 6.07) is 0.267. The second-order valence-corrected chi connectivity index (χ2v) is 2.93. The number of carbonyl (C=O) groups is 1. The van der Waals surface area contributed by atoms with Crippen LogP contribution in [-0.4, -0.2) is 11.9 Å². The van der Waals surface area contributed by atoms with Crippen molar-refractivity contribution in [1.29, 1.82) is 0 Å². The molecule has 0 aromatic rings. The zero-order valence-corrected chi connectivity index (χ0v) is 7.09. The lowest BCUT2D eigenvalue weighted by atomic mass is 9.80. The smallest absolute Gasteiger partial charge is 0.231 e. The summed E-state index contributed by atoms with van der Waals surface area (Å²) < 4.78 is 2.56. The van der Waals surface area contributed by atoms with E-state index in [0.29, 0.717) is 0 Å². The first-order chi connectivity index (χ1) is 4.24. The summed E-state index contributed by atoms with van der Waals surface area (Å²) >= 11 is 1.85. The molecule has 0 unspecified atom stereocenters. The van der Waals surface area contributed by atoms with Gasteiger partial charge in [-0.3, -0.25) is 8.32 Å². The predicted octanol–water partition coefficient (Wildman–Crippen LogP) is 0.190. The highest BCUT2D eigenvalue weighted by atomic mass is 127. The monoisotopic (exact) mass is 240 g/mol. The van der Waals surface area contributed by atoms with Crippen LogP contribution in [-0.2, 0) is 4.79 Å². The molecular formula is C5H9IN2O. The van der Waals surface area contributed by atoms with Gasteiger partial charge in [0.25, 0.3) is 0 Å². The lowest BCUT2D eigenvalue weighted by Gasteiger charge is -2.30. The van der Waals surface area contributed by atoms with Gasteiger partial charge in [0, 0.05) is 12.0 Å². The summed E-state index contributed by atoms with van der Waals surface area (Å²) in [6.07, 6.45) is 1.71. The van der Waals surface area contributed by atoms with Crippen LogP contribution < -0.4 is 9.26 Å². The Morgan fingerprint density at radius 2 is 2.22 bits per heavy atom. The van der Waals surface area contributed by atoms with E-state index in [-0.39, 0.29) is 17.9 Å². The zero-order chi connectivity index (χ0) is 6.85. The van der Waals surface area contributed by atoms with Crippen molar-refractivity contribution in [2.75, 3.05) is 0 Å². The molecule has 3 nitrogen and oxygen atoms in total. The van der Waals surface area contributed by atoms with Gasteiger partial charge in [0.2, 0.25) is 5.91 Å². The highest BCUT2D eigenvalue weighted by molar-refractivity contribution is 14.1. The maximum atomic E-state index is 10.8. The quantitative estimate of drug-likeness (QED) is 0.507. The van der Waals surface area contributed by atoms with Crippen molar-refractivity contribution < 1.29 is 4.79 Å². The normalized spacial score (nSPS) is 33.1. The summed E-state index contributed by atoms with van der Waals surface area (Å²) in [5.41, 5.74) is 5.48. The van der Waals surface area contributed by atoms with Crippen LogP contribution in [0.2, 0.25) is 0 Å². The number of nitrogens with one attached hydrogen (secondary N) is 1. The second kappa shape index (κ2) is 2.83. The standard InChI is InChI=1S/C5H9IN2O/c6-8-5(9)3-1-4(7)2-3/h3-4H,1-2,7H2,(H,8,9). The van der Waals surface area contributed by atoms with Gasteiger partial charge in [-0.25, -0.2) is 0 Å². The molecule has 1 saturated carbocycles. The third-order valence-electron chi connectivity index (χ3n) is 1.64. The fourth-order valence-corrected chi connectivity index (χ4v) is 1.39. The molecule has 0 aliphatic heterocycles. The molecule has 9 heavy (non-hydrogen) atoms. The molecule has 1 amide bonds. The molecule has 0 radical (unpaired) electrons. The van der Waals surface area contributed by atoms with E-state index in [4.69, 9.17) is 5.73 Å². The molecule has 1 rings (SSSR count). The average molecular weight is 240 g/mol. The molecule has 0 bridgehead atoms. The Bertz CT molecular complexity index is 122. The van der Waals surface area contributed by atoms with Crippen molar-refractivity contribution in [3.8, 4) is 0 Å². The topological polar surface area (TPSA) is 55.1 Å². The number of carbonyl (C=O) groups excluding carboxylic acids is 1. The SMILES string of the molecule is NC1CC(C(=O)NI)C1. The van der Waals surface area contributed by atoms with Crippen molar-refractivity contribution in [2.24, 2.45) is 11.7 Å². The van der Waals surface area contributed by atoms with E-state index in [2.05, 4.69) is 3.53 Å². The molecule has 1 aliphatic carbocycles. The van der Waals surface area contributed by atoms with E-state index in [0.717, 1.165) is 12.8 Å². The van der Waals surface area contributed by atoms with Crippen molar-refractivity contribution >= 4 is 28.8 Å². The van der Waals surface area contributed by atoms with Gasteiger partial charge >= 0.3 is 0 Å². The lowest BCUT2D eigenvalue weighted by Crippen LogP contribution is -2.42. The summed E-state index contributed by atoms with van der Waals surface area (Å²) in [5.74, 6) is 0.314. The molecule has 4 heteroatoms. The van der Waals surface area contributed by atoms with E-state index in [1.165, 1.54) is 0 Å². The van der Waals surface area contributed by atoms with E-state index in [1.54, 1.807) is 0 Å². The first kappa shape index (κ1) is 7.27. The van der Waals surface area contributed by atoms with E-state index >= 15 is 0 Å². The molecular weight excluding hydrogens is 231 g/mol. The summed E-state index contributed by atoms with van der Waals surface area (Å²) in [5, 5.41) is 0. The van der Waals surface area contributed by atoms with Crippen LogP contribution in [0.4, 0.5) is 0 Å². The second-order valence-electron chi connectivity index (χ2n) is 2.39. The first-order valence-electron chi connectivity index (χ1n) is 2.90. The van der Waals surface area contributed by atoms with Gasteiger partial charge in [-0.05, 0) is 12.8 Å². The largest absolute Gasteiger partial charge is 0.328 e. The number of rotatable bonds is 1. The molecule has 3 N–H and O–H groups in total. The minimum Gasteiger partial charge on any atom is -0.328 e. The number of halogens is 1.